The summed E-state index contributed by atoms with van der Waals surface area (Å²) in [5, 5.41) is 12.3. The van der Waals surface area contributed by atoms with E-state index in [1.54, 1.807) is 18.2 Å². The van der Waals surface area contributed by atoms with Gasteiger partial charge in [0.15, 0.2) is 0 Å². The molecule has 1 aromatic carbocycles. The Morgan fingerprint density at radius 2 is 2.04 bits per heavy atom. The zero-order chi connectivity index (χ0) is 19.6. The summed E-state index contributed by atoms with van der Waals surface area (Å²) in [4.78, 5) is 12.8. The first-order valence-electron chi connectivity index (χ1n) is 9.48. The maximum absolute atomic E-state index is 12.8. The molecule has 144 valence electrons. The molecule has 1 rings (SSSR count). The minimum atomic E-state index is -0.897. The van der Waals surface area contributed by atoms with Crippen molar-refractivity contribution in [2.75, 3.05) is 18.5 Å². The molecule has 5 nitrogen and oxygen atoms in total. The predicted octanol–water partition coefficient (Wildman–Crippen LogP) is 4.91. The molecule has 0 aromatic heterocycles. The van der Waals surface area contributed by atoms with E-state index in [9.17, 15) is 10.1 Å². The Morgan fingerprint density at radius 1 is 1.31 bits per heavy atom. The summed E-state index contributed by atoms with van der Waals surface area (Å²) in [5.41, 5.74) is -0.0314. The lowest BCUT2D eigenvalue weighted by Crippen LogP contribution is -2.43. The van der Waals surface area contributed by atoms with Gasteiger partial charge in [-0.1, -0.05) is 40.5 Å². The molecule has 0 fully saturated rings. The minimum absolute atomic E-state index is 0.216. The van der Waals surface area contributed by atoms with Crippen LogP contribution in [0.5, 0.6) is 5.75 Å². The van der Waals surface area contributed by atoms with Crippen molar-refractivity contribution in [3.8, 4) is 11.8 Å². The van der Waals surface area contributed by atoms with Crippen molar-refractivity contribution in [3.63, 3.8) is 0 Å². The molecule has 1 aromatic rings. The molecular weight excluding hydrogens is 328 g/mol. The van der Waals surface area contributed by atoms with E-state index in [1.807, 2.05) is 13.8 Å². The fourth-order valence-electron chi connectivity index (χ4n) is 2.42. The topological polar surface area (TPSA) is 71.3 Å². The highest BCUT2D eigenvalue weighted by molar-refractivity contribution is 5.98. The zero-order valence-corrected chi connectivity index (χ0v) is 16.7. The lowest BCUT2D eigenvalue weighted by molar-refractivity contribution is -0.140. The van der Waals surface area contributed by atoms with Crippen molar-refractivity contribution >= 4 is 11.6 Å². The van der Waals surface area contributed by atoms with Crippen molar-refractivity contribution in [2.24, 2.45) is 5.92 Å². The molecule has 1 N–H and O–H groups in total. The average Bonchev–Trinajstić information content (AvgIpc) is 2.63. The van der Waals surface area contributed by atoms with E-state index in [1.165, 1.54) is 0 Å². The molecule has 0 spiro atoms. The summed E-state index contributed by atoms with van der Waals surface area (Å²) < 4.78 is 11.5. The Morgan fingerprint density at radius 3 is 2.62 bits per heavy atom. The van der Waals surface area contributed by atoms with Gasteiger partial charge in [-0.2, -0.15) is 5.26 Å². The van der Waals surface area contributed by atoms with Crippen LogP contribution in [0.25, 0.3) is 0 Å². The second kappa shape index (κ2) is 10.8. The summed E-state index contributed by atoms with van der Waals surface area (Å²) in [6.45, 7) is 11.2. The van der Waals surface area contributed by atoms with Crippen molar-refractivity contribution in [3.05, 3.63) is 23.8 Å². The Bertz CT molecular complexity index is 612. The van der Waals surface area contributed by atoms with Crippen LogP contribution >= 0.6 is 0 Å². The van der Waals surface area contributed by atoms with Crippen LogP contribution < -0.4 is 10.1 Å². The molecule has 0 bridgehead atoms. The number of anilines is 1. The quantitative estimate of drug-likeness (QED) is 0.609. The standard InChI is InChI=1S/C21H32N2O3/c1-6-8-11-21(5,26-12-7-2)20(24)23-19-10-9-18(13-17(19)14-22)25-15-16(3)4/h9-10,13,16H,6-8,11-12,15H2,1-5H3,(H,23,24)/t21-/m0/s1. The number of nitrogens with zero attached hydrogens (tertiary/aromatic N) is 1. The first kappa shape index (κ1) is 22.0. The molecule has 0 saturated heterocycles. The molecule has 26 heavy (non-hydrogen) atoms. The number of hydrogen-bond acceptors (Lipinski definition) is 4. The third-order valence-corrected chi connectivity index (χ3v) is 4.06. The van der Waals surface area contributed by atoms with Gasteiger partial charge in [0, 0.05) is 6.61 Å². The number of nitrogens with one attached hydrogen (secondary N) is 1. The van der Waals surface area contributed by atoms with E-state index >= 15 is 0 Å². The highest BCUT2D eigenvalue weighted by atomic mass is 16.5. The second-order valence-corrected chi connectivity index (χ2v) is 7.16. The molecule has 0 radical (unpaired) electrons. The first-order chi connectivity index (χ1) is 12.4. The second-order valence-electron chi connectivity index (χ2n) is 7.16. The Balaban J connectivity index is 2.93. The van der Waals surface area contributed by atoms with Crippen molar-refractivity contribution in [1.29, 1.82) is 5.26 Å². The maximum atomic E-state index is 12.8. The van der Waals surface area contributed by atoms with Gasteiger partial charge in [-0.05, 0) is 43.9 Å². The summed E-state index contributed by atoms with van der Waals surface area (Å²) in [6.07, 6.45) is 3.39. The van der Waals surface area contributed by atoms with Crippen molar-refractivity contribution in [2.45, 2.75) is 65.9 Å². The van der Waals surface area contributed by atoms with Crippen LogP contribution in [0.1, 0.15) is 65.9 Å². The van der Waals surface area contributed by atoms with Gasteiger partial charge in [-0.3, -0.25) is 4.79 Å². The SMILES string of the molecule is CCCC[C@](C)(OCCC)C(=O)Nc1ccc(OCC(C)C)cc1C#N. The van der Waals surface area contributed by atoms with Crippen LogP contribution in [0.3, 0.4) is 0 Å². The lowest BCUT2D eigenvalue weighted by atomic mass is 9.97. The Hall–Kier alpha value is -2.06. The van der Waals surface area contributed by atoms with E-state index in [0.29, 0.717) is 42.6 Å². The molecule has 0 saturated carbocycles. The number of rotatable bonds is 11. The largest absolute Gasteiger partial charge is 0.493 e. The molecule has 1 amide bonds. The van der Waals surface area contributed by atoms with Gasteiger partial charge in [-0.25, -0.2) is 0 Å². The molecular formula is C21H32N2O3. The van der Waals surface area contributed by atoms with Crippen LogP contribution in [0.4, 0.5) is 5.69 Å². The normalized spacial score (nSPS) is 13.1. The fraction of sp³-hybridized carbons (Fsp3) is 0.619. The third-order valence-electron chi connectivity index (χ3n) is 4.06. The Labute approximate surface area is 157 Å². The number of amides is 1. The summed E-state index contributed by atoms with van der Waals surface area (Å²) in [6, 6.07) is 7.28. The summed E-state index contributed by atoms with van der Waals surface area (Å²) in [5.74, 6) is 0.811. The highest BCUT2D eigenvalue weighted by Gasteiger charge is 2.33. The van der Waals surface area contributed by atoms with E-state index in [4.69, 9.17) is 9.47 Å². The molecule has 0 aliphatic heterocycles. The van der Waals surface area contributed by atoms with Crippen molar-refractivity contribution < 1.29 is 14.3 Å². The molecule has 0 unspecified atom stereocenters. The predicted molar refractivity (Wildman–Crippen MR) is 104 cm³/mol. The fourth-order valence-corrected chi connectivity index (χ4v) is 2.42. The number of unbranched alkanes of at least 4 members (excludes halogenated alkanes) is 1. The molecule has 0 aliphatic rings. The minimum Gasteiger partial charge on any atom is -0.493 e. The van der Waals surface area contributed by atoms with Crippen LogP contribution in [-0.2, 0) is 9.53 Å². The smallest absolute Gasteiger partial charge is 0.256 e. The van der Waals surface area contributed by atoms with Gasteiger partial charge in [0.05, 0.1) is 17.9 Å². The molecule has 5 heteroatoms. The lowest BCUT2D eigenvalue weighted by Gasteiger charge is -2.29. The van der Waals surface area contributed by atoms with Gasteiger partial charge in [0.2, 0.25) is 0 Å². The first-order valence-corrected chi connectivity index (χ1v) is 9.48. The van der Waals surface area contributed by atoms with Gasteiger partial charge in [0.25, 0.3) is 5.91 Å². The Kier molecular flexibility index (Phi) is 9.15. The van der Waals surface area contributed by atoms with Crippen LogP contribution in [0, 0.1) is 17.2 Å². The number of ether oxygens (including phenoxy) is 2. The number of carbonyl (C=O) groups is 1. The number of carbonyl (C=O) groups excluding carboxylic acids is 1. The van der Waals surface area contributed by atoms with Gasteiger partial charge >= 0.3 is 0 Å². The van der Waals surface area contributed by atoms with E-state index < -0.39 is 5.60 Å². The van der Waals surface area contributed by atoms with Crippen LogP contribution in [0.15, 0.2) is 18.2 Å². The van der Waals surface area contributed by atoms with E-state index in [0.717, 1.165) is 19.3 Å². The highest BCUT2D eigenvalue weighted by Crippen LogP contribution is 2.26. The zero-order valence-electron chi connectivity index (χ0n) is 16.7. The number of benzene rings is 1. The summed E-state index contributed by atoms with van der Waals surface area (Å²) in [7, 11) is 0. The third kappa shape index (κ3) is 6.68. The molecule has 0 aliphatic carbocycles. The van der Waals surface area contributed by atoms with E-state index in [2.05, 4.69) is 32.2 Å². The van der Waals surface area contributed by atoms with Gasteiger partial charge in [0.1, 0.15) is 17.4 Å². The summed E-state index contributed by atoms with van der Waals surface area (Å²) >= 11 is 0. The van der Waals surface area contributed by atoms with Gasteiger partial charge in [-0.15, -0.1) is 0 Å². The van der Waals surface area contributed by atoms with E-state index in [-0.39, 0.29) is 5.91 Å². The molecule has 1 atom stereocenters. The molecule has 0 heterocycles. The maximum Gasteiger partial charge on any atom is 0.256 e. The average molecular weight is 360 g/mol. The van der Waals surface area contributed by atoms with Crippen LogP contribution in [0.2, 0.25) is 0 Å². The number of nitriles is 1. The number of hydrogen-bond donors (Lipinski definition) is 1. The van der Waals surface area contributed by atoms with Crippen molar-refractivity contribution in [1.82, 2.24) is 0 Å². The van der Waals surface area contributed by atoms with Crippen LogP contribution in [-0.4, -0.2) is 24.7 Å². The monoisotopic (exact) mass is 360 g/mol. The van der Waals surface area contributed by atoms with Gasteiger partial charge < -0.3 is 14.8 Å².